The Morgan fingerprint density at radius 3 is 2.04 bits per heavy atom. The summed E-state index contributed by atoms with van der Waals surface area (Å²) < 4.78 is 13.1. The zero-order valence-electron chi connectivity index (χ0n) is 13.0. The molecule has 1 aliphatic rings. The zero-order chi connectivity index (χ0) is 16.5. The molecule has 0 aliphatic carbocycles. The first-order valence-corrected chi connectivity index (χ1v) is 8.26. The van der Waals surface area contributed by atoms with Gasteiger partial charge in [0.15, 0.2) is 11.0 Å². The third-order valence-electron chi connectivity index (χ3n) is 4.28. The van der Waals surface area contributed by atoms with Crippen LogP contribution in [0.4, 0.5) is 15.9 Å². The highest BCUT2D eigenvalue weighted by molar-refractivity contribution is 6.32. The van der Waals surface area contributed by atoms with Gasteiger partial charge in [-0.1, -0.05) is 23.7 Å². The smallest absolute Gasteiger partial charge is 0.172 e. The van der Waals surface area contributed by atoms with Crippen molar-refractivity contribution >= 4 is 34.1 Å². The molecule has 24 heavy (non-hydrogen) atoms. The van der Waals surface area contributed by atoms with Crippen molar-refractivity contribution in [1.29, 1.82) is 0 Å². The van der Waals surface area contributed by atoms with Gasteiger partial charge in [0.05, 0.1) is 11.0 Å². The summed E-state index contributed by atoms with van der Waals surface area (Å²) in [6.07, 6.45) is 0. The summed E-state index contributed by atoms with van der Waals surface area (Å²) in [4.78, 5) is 13.5. The Morgan fingerprint density at radius 1 is 0.792 bits per heavy atom. The third kappa shape index (κ3) is 2.87. The Kier molecular flexibility index (Phi) is 3.94. The van der Waals surface area contributed by atoms with Crippen LogP contribution >= 0.6 is 11.6 Å². The second-order valence-electron chi connectivity index (χ2n) is 5.78. The second kappa shape index (κ2) is 6.24. The molecule has 0 amide bonds. The summed E-state index contributed by atoms with van der Waals surface area (Å²) in [5.41, 5.74) is 2.68. The average molecular weight is 343 g/mol. The molecule has 6 heteroatoms. The van der Waals surface area contributed by atoms with E-state index in [0.717, 1.165) is 48.7 Å². The van der Waals surface area contributed by atoms with Gasteiger partial charge in [0.1, 0.15) is 5.82 Å². The molecule has 1 aliphatic heterocycles. The van der Waals surface area contributed by atoms with Crippen LogP contribution in [0.25, 0.3) is 11.0 Å². The van der Waals surface area contributed by atoms with E-state index in [9.17, 15) is 4.39 Å². The topological polar surface area (TPSA) is 32.3 Å². The Balaban J connectivity index is 1.53. The number of aromatic nitrogens is 2. The summed E-state index contributed by atoms with van der Waals surface area (Å²) in [7, 11) is 0. The average Bonchev–Trinajstić information content (AvgIpc) is 2.62. The number of hydrogen-bond donors (Lipinski definition) is 0. The summed E-state index contributed by atoms with van der Waals surface area (Å²) in [6, 6.07) is 14.3. The highest BCUT2D eigenvalue weighted by Crippen LogP contribution is 2.26. The molecule has 0 spiro atoms. The Morgan fingerprint density at radius 2 is 1.38 bits per heavy atom. The van der Waals surface area contributed by atoms with E-state index in [2.05, 4.69) is 19.8 Å². The lowest BCUT2D eigenvalue weighted by Gasteiger charge is -2.36. The molecule has 1 saturated heterocycles. The molecule has 4 nitrogen and oxygen atoms in total. The lowest BCUT2D eigenvalue weighted by molar-refractivity contribution is 0.624. The van der Waals surface area contributed by atoms with E-state index in [1.165, 1.54) is 12.1 Å². The summed E-state index contributed by atoms with van der Waals surface area (Å²) in [5.74, 6) is 0.518. The van der Waals surface area contributed by atoms with E-state index < -0.39 is 0 Å². The minimum absolute atomic E-state index is 0.212. The molecule has 0 N–H and O–H groups in total. The fourth-order valence-electron chi connectivity index (χ4n) is 3.00. The predicted molar refractivity (Wildman–Crippen MR) is 95.4 cm³/mol. The molecule has 122 valence electrons. The van der Waals surface area contributed by atoms with E-state index in [-0.39, 0.29) is 5.82 Å². The SMILES string of the molecule is Fc1ccc(N2CCN(c3nc4ccccc4nc3Cl)CC2)cc1. The van der Waals surface area contributed by atoms with Gasteiger partial charge in [-0.15, -0.1) is 0 Å². The first-order valence-electron chi connectivity index (χ1n) is 7.88. The minimum atomic E-state index is -0.212. The lowest BCUT2D eigenvalue weighted by Crippen LogP contribution is -2.47. The summed E-state index contributed by atoms with van der Waals surface area (Å²) >= 11 is 6.34. The number of fused-ring (bicyclic) bond motifs is 1. The molecule has 2 heterocycles. The minimum Gasteiger partial charge on any atom is -0.368 e. The highest BCUT2D eigenvalue weighted by Gasteiger charge is 2.21. The summed E-state index contributed by atoms with van der Waals surface area (Å²) in [6.45, 7) is 3.25. The molecule has 1 fully saturated rings. The number of benzene rings is 2. The molecule has 0 radical (unpaired) electrons. The number of hydrogen-bond acceptors (Lipinski definition) is 4. The molecule has 3 aromatic rings. The van der Waals surface area contributed by atoms with Crippen LogP contribution in [0.5, 0.6) is 0 Å². The van der Waals surface area contributed by atoms with Crippen LogP contribution in [-0.4, -0.2) is 36.1 Å². The van der Waals surface area contributed by atoms with Gasteiger partial charge in [0.2, 0.25) is 0 Å². The van der Waals surface area contributed by atoms with Crippen LogP contribution in [0.2, 0.25) is 5.15 Å². The second-order valence-corrected chi connectivity index (χ2v) is 6.14. The molecular weight excluding hydrogens is 327 g/mol. The quantitative estimate of drug-likeness (QED) is 0.710. The van der Waals surface area contributed by atoms with Crippen molar-refractivity contribution in [3.63, 3.8) is 0 Å². The molecule has 2 aromatic carbocycles. The van der Waals surface area contributed by atoms with Crippen LogP contribution < -0.4 is 9.80 Å². The van der Waals surface area contributed by atoms with Crippen LogP contribution in [-0.2, 0) is 0 Å². The lowest BCUT2D eigenvalue weighted by atomic mass is 10.2. The maximum absolute atomic E-state index is 13.1. The van der Waals surface area contributed by atoms with Crippen LogP contribution in [0.1, 0.15) is 0 Å². The van der Waals surface area contributed by atoms with Crippen LogP contribution in [0.15, 0.2) is 48.5 Å². The molecule has 0 unspecified atom stereocenters. The Labute approximate surface area is 144 Å². The monoisotopic (exact) mass is 342 g/mol. The van der Waals surface area contributed by atoms with Crippen molar-refractivity contribution in [2.75, 3.05) is 36.0 Å². The van der Waals surface area contributed by atoms with E-state index in [1.54, 1.807) is 0 Å². The number of rotatable bonds is 2. The zero-order valence-corrected chi connectivity index (χ0v) is 13.7. The molecule has 1 aromatic heterocycles. The van der Waals surface area contributed by atoms with Gasteiger partial charge in [0.25, 0.3) is 0 Å². The number of halogens is 2. The van der Waals surface area contributed by atoms with Gasteiger partial charge < -0.3 is 9.80 Å². The van der Waals surface area contributed by atoms with E-state index in [0.29, 0.717) is 5.15 Å². The van der Waals surface area contributed by atoms with E-state index in [1.807, 2.05) is 36.4 Å². The van der Waals surface area contributed by atoms with Crippen molar-refractivity contribution < 1.29 is 4.39 Å². The highest BCUT2D eigenvalue weighted by atomic mass is 35.5. The van der Waals surface area contributed by atoms with Gasteiger partial charge >= 0.3 is 0 Å². The first kappa shape index (κ1) is 15.1. The normalized spacial score (nSPS) is 15.1. The Hall–Kier alpha value is -2.40. The maximum Gasteiger partial charge on any atom is 0.172 e. The number of piperazine rings is 1. The first-order chi connectivity index (χ1) is 11.7. The molecule has 0 atom stereocenters. The van der Waals surface area contributed by atoms with Crippen molar-refractivity contribution in [2.24, 2.45) is 0 Å². The standard InChI is InChI=1S/C18H16ClFN4/c19-17-18(22-16-4-2-1-3-15(16)21-17)24-11-9-23(10-12-24)14-7-5-13(20)6-8-14/h1-8H,9-12H2. The number of para-hydroxylation sites is 2. The van der Waals surface area contributed by atoms with Crippen LogP contribution in [0.3, 0.4) is 0 Å². The molecular formula is C18H16ClFN4. The van der Waals surface area contributed by atoms with Gasteiger partial charge in [-0.2, -0.15) is 0 Å². The van der Waals surface area contributed by atoms with Gasteiger partial charge in [-0.05, 0) is 36.4 Å². The Bertz CT molecular complexity index is 861. The summed E-state index contributed by atoms with van der Waals surface area (Å²) in [5, 5.41) is 0.434. The maximum atomic E-state index is 13.1. The van der Waals surface area contributed by atoms with Crippen molar-refractivity contribution in [2.45, 2.75) is 0 Å². The largest absolute Gasteiger partial charge is 0.368 e. The molecule has 0 saturated carbocycles. The van der Waals surface area contributed by atoms with E-state index >= 15 is 0 Å². The third-order valence-corrected chi connectivity index (χ3v) is 4.54. The number of anilines is 2. The van der Waals surface area contributed by atoms with Crippen molar-refractivity contribution in [3.05, 3.63) is 59.5 Å². The fraction of sp³-hybridized carbons (Fsp3) is 0.222. The number of nitrogens with zero attached hydrogens (tertiary/aromatic N) is 4. The fourth-order valence-corrected chi connectivity index (χ4v) is 3.25. The van der Waals surface area contributed by atoms with Gasteiger partial charge in [0, 0.05) is 31.9 Å². The van der Waals surface area contributed by atoms with Crippen LogP contribution in [0, 0.1) is 5.82 Å². The predicted octanol–water partition coefficient (Wildman–Crippen LogP) is 3.75. The van der Waals surface area contributed by atoms with Crippen molar-refractivity contribution in [1.82, 2.24) is 9.97 Å². The molecule has 4 rings (SSSR count). The van der Waals surface area contributed by atoms with E-state index in [4.69, 9.17) is 11.6 Å². The van der Waals surface area contributed by atoms with Gasteiger partial charge in [-0.25, -0.2) is 14.4 Å². The molecule has 0 bridgehead atoms. The van der Waals surface area contributed by atoms with Gasteiger partial charge in [-0.3, -0.25) is 0 Å². The van der Waals surface area contributed by atoms with Crippen molar-refractivity contribution in [3.8, 4) is 0 Å².